The summed E-state index contributed by atoms with van der Waals surface area (Å²) in [7, 11) is 0. The first-order valence-electron chi connectivity index (χ1n) is 20.5. The highest BCUT2D eigenvalue weighted by atomic mass is 16.8. The average molecular weight is 615 g/mol. The van der Waals surface area contributed by atoms with Gasteiger partial charge in [-0.2, -0.15) is 0 Å². The Morgan fingerprint density at radius 3 is 1.20 bits per heavy atom. The molecule has 258 valence electrons. The molecule has 2 unspecified atom stereocenters. The third kappa shape index (κ3) is 20.5. The maximum absolute atomic E-state index is 6.69. The number of rotatable bonds is 32. The predicted molar refractivity (Wildman–Crippen MR) is 194 cm³/mol. The molecule has 2 heteroatoms. The fourth-order valence-corrected chi connectivity index (χ4v) is 7.43. The van der Waals surface area contributed by atoms with Crippen molar-refractivity contribution in [1.82, 2.24) is 0 Å². The Labute approximate surface area is 277 Å². The number of hydrogen-bond donors (Lipinski definition) is 0. The van der Waals surface area contributed by atoms with Crippen molar-refractivity contribution in [2.45, 2.75) is 244 Å². The maximum Gasteiger partial charge on any atom is 0.169 e. The molecule has 0 spiro atoms. The maximum atomic E-state index is 6.69. The summed E-state index contributed by atoms with van der Waals surface area (Å²) in [5.74, 6) is -0.249. The Balaban J connectivity index is 1.43. The Kier molecular flexibility index (Phi) is 25.7. The van der Waals surface area contributed by atoms with Gasteiger partial charge >= 0.3 is 0 Å². The van der Waals surface area contributed by atoms with Crippen LogP contribution in [-0.2, 0) is 9.47 Å². The topological polar surface area (TPSA) is 18.5 Å². The van der Waals surface area contributed by atoms with Crippen LogP contribution < -0.4 is 0 Å². The minimum atomic E-state index is -0.249. The van der Waals surface area contributed by atoms with Crippen LogP contribution in [0.25, 0.3) is 0 Å². The molecule has 1 saturated heterocycles. The lowest BCUT2D eigenvalue weighted by Crippen LogP contribution is -2.31. The van der Waals surface area contributed by atoms with Gasteiger partial charge in [0.15, 0.2) is 5.79 Å². The second kappa shape index (κ2) is 28.6. The molecule has 2 aliphatic rings. The summed E-state index contributed by atoms with van der Waals surface area (Å²) in [5, 5.41) is 0. The Hall–Kier alpha value is -0.600. The number of fused-ring (bicyclic) bond motifs is 1. The quantitative estimate of drug-likeness (QED) is 0.0554. The largest absolute Gasteiger partial charge is 0.344 e. The van der Waals surface area contributed by atoms with E-state index in [2.05, 4.69) is 38.2 Å². The van der Waals surface area contributed by atoms with Crippen molar-refractivity contribution in [3.05, 3.63) is 24.3 Å². The lowest BCUT2D eigenvalue weighted by molar-refractivity contribution is -0.190. The van der Waals surface area contributed by atoms with Crippen molar-refractivity contribution in [3.8, 4) is 0 Å². The highest BCUT2D eigenvalue weighted by molar-refractivity contribution is 4.93. The molecule has 1 saturated carbocycles. The molecule has 0 amide bonds. The first-order chi connectivity index (χ1) is 21.8. The minimum Gasteiger partial charge on any atom is -0.344 e. The van der Waals surface area contributed by atoms with E-state index in [1.165, 1.54) is 193 Å². The van der Waals surface area contributed by atoms with Crippen molar-refractivity contribution in [1.29, 1.82) is 0 Å². The Morgan fingerprint density at radius 1 is 0.432 bits per heavy atom. The van der Waals surface area contributed by atoms with Crippen molar-refractivity contribution >= 4 is 0 Å². The highest BCUT2D eigenvalue weighted by Crippen LogP contribution is 2.43. The fourth-order valence-electron chi connectivity index (χ4n) is 7.43. The number of allylic oxidation sites excluding steroid dienone is 4. The molecule has 0 aromatic carbocycles. The lowest BCUT2D eigenvalue weighted by Gasteiger charge is -2.29. The molecule has 0 N–H and O–H groups in total. The van der Waals surface area contributed by atoms with E-state index in [0.29, 0.717) is 12.2 Å². The average Bonchev–Trinajstić information content (AvgIpc) is 3.60. The van der Waals surface area contributed by atoms with E-state index in [1.54, 1.807) is 0 Å². The van der Waals surface area contributed by atoms with Gasteiger partial charge in [-0.1, -0.05) is 173 Å². The van der Waals surface area contributed by atoms with Gasteiger partial charge in [0.2, 0.25) is 0 Å². The van der Waals surface area contributed by atoms with Crippen LogP contribution >= 0.6 is 0 Å². The van der Waals surface area contributed by atoms with Crippen LogP contribution in [0.5, 0.6) is 0 Å². The molecular formula is C42H78O2. The summed E-state index contributed by atoms with van der Waals surface area (Å²) in [4.78, 5) is 0. The summed E-state index contributed by atoms with van der Waals surface area (Å²) in [6, 6.07) is 0. The zero-order chi connectivity index (χ0) is 31.2. The molecule has 2 rings (SSSR count). The molecule has 2 nitrogen and oxygen atoms in total. The van der Waals surface area contributed by atoms with E-state index < -0.39 is 0 Å². The van der Waals surface area contributed by atoms with Crippen molar-refractivity contribution in [3.63, 3.8) is 0 Å². The molecule has 0 radical (unpaired) electrons. The van der Waals surface area contributed by atoms with Gasteiger partial charge in [-0.25, -0.2) is 0 Å². The second-order valence-electron chi connectivity index (χ2n) is 14.5. The van der Waals surface area contributed by atoms with Crippen LogP contribution in [0.4, 0.5) is 0 Å². The normalized spacial score (nSPS) is 21.8. The smallest absolute Gasteiger partial charge is 0.169 e. The van der Waals surface area contributed by atoms with Crippen LogP contribution in [0.1, 0.15) is 226 Å². The number of ether oxygens (including phenoxy) is 2. The number of unbranched alkanes of at least 4 members (excludes halogenated alkanes) is 24. The van der Waals surface area contributed by atoms with Gasteiger partial charge in [-0.3, -0.25) is 0 Å². The molecular weight excluding hydrogens is 536 g/mol. The lowest BCUT2D eigenvalue weighted by atomic mass is 9.98. The first kappa shape index (κ1) is 39.6. The van der Waals surface area contributed by atoms with Crippen molar-refractivity contribution in [2.75, 3.05) is 0 Å². The van der Waals surface area contributed by atoms with E-state index >= 15 is 0 Å². The summed E-state index contributed by atoms with van der Waals surface area (Å²) >= 11 is 0. The van der Waals surface area contributed by atoms with Gasteiger partial charge in [0.25, 0.3) is 0 Å². The minimum absolute atomic E-state index is 0.249. The molecule has 2 fully saturated rings. The van der Waals surface area contributed by atoms with E-state index in [0.717, 1.165) is 19.3 Å². The molecule has 0 aromatic heterocycles. The van der Waals surface area contributed by atoms with E-state index in [1.807, 2.05) is 0 Å². The van der Waals surface area contributed by atoms with Crippen LogP contribution in [-0.4, -0.2) is 18.0 Å². The molecule has 44 heavy (non-hydrogen) atoms. The van der Waals surface area contributed by atoms with E-state index in [-0.39, 0.29) is 5.79 Å². The van der Waals surface area contributed by atoms with Crippen molar-refractivity contribution < 1.29 is 9.47 Å². The van der Waals surface area contributed by atoms with Gasteiger partial charge in [0, 0.05) is 12.8 Å². The monoisotopic (exact) mass is 615 g/mol. The summed E-state index contributed by atoms with van der Waals surface area (Å²) in [6.07, 6.45) is 54.7. The van der Waals surface area contributed by atoms with Gasteiger partial charge in [0.05, 0.1) is 12.2 Å². The van der Waals surface area contributed by atoms with Gasteiger partial charge in [-0.15, -0.1) is 0 Å². The molecule has 0 aromatic rings. The second-order valence-corrected chi connectivity index (χ2v) is 14.5. The zero-order valence-corrected chi connectivity index (χ0v) is 30.1. The molecule has 1 aliphatic heterocycles. The van der Waals surface area contributed by atoms with E-state index in [9.17, 15) is 0 Å². The van der Waals surface area contributed by atoms with E-state index in [4.69, 9.17) is 9.47 Å². The van der Waals surface area contributed by atoms with Gasteiger partial charge < -0.3 is 9.47 Å². The van der Waals surface area contributed by atoms with Crippen molar-refractivity contribution in [2.24, 2.45) is 0 Å². The SMILES string of the molecule is CCCCC/C=C\C/C=C\CCCCCCCCC1(CCCCCCCCCCCCCCCCCC)OC2CCC[C@H]2O1. The van der Waals surface area contributed by atoms with Crippen LogP contribution in [0, 0.1) is 0 Å². The summed E-state index contributed by atoms with van der Waals surface area (Å²) in [5.41, 5.74) is 0. The Bertz CT molecular complexity index is 655. The third-order valence-corrected chi connectivity index (χ3v) is 10.3. The predicted octanol–water partition coefficient (Wildman–Crippen LogP) is 14.5. The highest BCUT2D eigenvalue weighted by Gasteiger charge is 2.48. The van der Waals surface area contributed by atoms with Crippen LogP contribution in [0.15, 0.2) is 24.3 Å². The molecule has 0 bridgehead atoms. The number of hydrogen-bond acceptors (Lipinski definition) is 2. The summed E-state index contributed by atoms with van der Waals surface area (Å²) < 4.78 is 13.4. The van der Waals surface area contributed by atoms with Gasteiger partial charge in [-0.05, 0) is 64.2 Å². The summed E-state index contributed by atoms with van der Waals surface area (Å²) in [6.45, 7) is 4.58. The van der Waals surface area contributed by atoms with Crippen LogP contribution in [0.2, 0.25) is 0 Å². The van der Waals surface area contributed by atoms with Gasteiger partial charge in [0.1, 0.15) is 0 Å². The van der Waals surface area contributed by atoms with Crippen LogP contribution in [0.3, 0.4) is 0 Å². The third-order valence-electron chi connectivity index (χ3n) is 10.3. The fraction of sp³-hybridized carbons (Fsp3) is 0.905. The first-order valence-corrected chi connectivity index (χ1v) is 20.5. The zero-order valence-electron chi connectivity index (χ0n) is 30.1. The standard InChI is InChI=1S/C42H78O2/c1-3-5-7-9-11-13-15-17-19-21-23-25-27-29-31-33-38-42(43-40-36-35-37-41(40)44-42)39-34-32-30-28-26-24-22-20-18-16-14-12-10-8-6-4-2/h11,13,17,19,40-41H,3-10,12,14-16,18,20-39H2,1-2H3/b13-11-,19-17-/t40-,41?,42?/m1/s1. The molecule has 3 atom stereocenters. The molecule has 1 aliphatic carbocycles. The Morgan fingerprint density at radius 2 is 0.773 bits per heavy atom. The molecule has 1 heterocycles.